The fourth-order valence-corrected chi connectivity index (χ4v) is 2.62. The van der Waals surface area contributed by atoms with E-state index in [1.165, 1.54) is 7.11 Å². The van der Waals surface area contributed by atoms with E-state index in [0.717, 1.165) is 11.1 Å². The van der Waals surface area contributed by atoms with Crippen LogP contribution in [0.5, 0.6) is 5.75 Å². The molecule has 0 heterocycles. The van der Waals surface area contributed by atoms with Gasteiger partial charge in [0.05, 0.1) is 7.11 Å². The lowest BCUT2D eigenvalue weighted by Gasteiger charge is -2.16. The molecule has 0 spiro atoms. The summed E-state index contributed by atoms with van der Waals surface area (Å²) in [4.78, 5) is 0. The first-order valence-electron chi connectivity index (χ1n) is 4.86. The molecule has 1 unspecified atom stereocenters. The van der Waals surface area contributed by atoms with Crippen LogP contribution >= 0.6 is 10.7 Å². The average Bonchev–Trinajstić information content (AvgIpc) is 2.14. The Morgan fingerprint density at radius 1 is 1.31 bits per heavy atom. The van der Waals surface area contributed by atoms with Crippen LogP contribution in [0.3, 0.4) is 0 Å². The molecule has 1 rings (SSSR count). The van der Waals surface area contributed by atoms with E-state index in [0.29, 0.717) is 11.3 Å². The molecule has 0 saturated carbocycles. The number of ether oxygens (including phenoxy) is 1. The van der Waals surface area contributed by atoms with Crippen LogP contribution in [-0.2, 0) is 9.05 Å². The van der Waals surface area contributed by atoms with Crippen molar-refractivity contribution in [2.24, 2.45) is 0 Å². The van der Waals surface area contributed by atoms with Gasteiger partial charge in [-0.05, 0) is 38.0 Å². The van der Waals surface area contributed by atoms with Gasteiger partial charge in [0.25, 0.3) is 0 Å². The molecule has 1 aromatic rings. The number of halogens is 1. The third-order valence-electron chi connectivity index (χ3n) is 2.54. The van der Waals surface area contributed by atoms with Crippen molar-refractivity contribution in [2.75, 3.05) is 7.11 Å². The summed E-state index contributed by atoms with van der Waals surface area (Å²) in [6.07, 6.45) is 0. The second-order valence-corrected chi connectivity index (χ2v) is 6.76. The molecular formula is C11H15ClO3S. The first-order valence-corrected chi connectivity index (χ1v) is 7.23. The maximum absolute atomic E-state index is 11.3. The smallest absolute Gasteiger partial charge is 0.239 e. The van der Waals surface area contributed by atoms with Gasteiger partial charge in [-0.25, -0.2) is 8.42 Å². The second kappa shape index (κ2) is 4.63. The zero-order chi connectivity index (χ0) is 12.5. The van der Waals surface area contributed by atoms with Crippen LogP contribution in [0.15, 0.2) is 12.1 Å². The molecule has 0 radical (unpaired) electrons. The lowest BCUT2D eigenvalue weighted by atomic mass is 10.0. The Hall–Kier alpha value is -0.740. The van der Waals surface area contributed by atoms with Gasteiger partial charge in [-0.1, -0.05) is 6.07 Å². The highest BCUT2D eigenvalue weighted by Crippen LogP contribution is 2.35. The van der Waals surface area contributed by atoms with Crippen molar-refractivity contribution in [3.8, 4) is 5.75 Å². The van der Waals surface area contributed by atoms with Crippen LogP contribution in [0.25, 0.3) is 0 Å². The van der Waals surface area contributed by atoms with E-state index in [1.807, 2.05) is 19.9 Å². The quantitative estimate of drug-likeness (QED) is 0.787. The molecule has 1 atom stereocenters. The summed E-state index contributed by atoms with van der Waals surface area (Å²) in [5, 5.41) is -0.773. The molecule has 3 nitrogen and oxygen atoms in total. The van der Waals surface area contributed by atoms with Crippen molar-refractivity contribution < 1.29 is 13.2 Å². The summed E-state index contributed by atoms with van der Waals surface area (Å²) in [5.41, 5.74) is 2.52. The van der Waals surface area contributed by atoms with Gasteiger partial charge in [0.2, 0.25) is 9.05 Å². The van der Waals surface area contributed by atoms with Crippen molar-refractivity contribution in [3.63, 3.8) is 0 Å². The minimum atomic E-state index is -3.63. The summed E-state index contributed by atoms with van der Waals surface area (Å²) < 4.78 is 27.9. The van der Waals surface area contributed by atoms with Crippen molar-refractivity contribution in [3.05, 3.63) is 28.8 Å². The van der Waals surface area contributed by atoms with Crippen LogP contribution in [0, 0.1) is 13.8 Å². The fourth-order valence-electron chi connectivity index (χ4n) is 1.77. The SMILES string of the molecule is COc1cc(C)cc(C)c1C(C)S(=O)(=O)Cl. The van der Waals surface area contributed by atoms with Gasteiger partial charge in [-0.15, -0.1) is 0 Å². The van der Waals surface area contributed by atoms with Crippen LogP contribution in [0.4, 0.5) is 0 Å². The molecule has 0 fully saturated rings. The number of hydrogen-bond acceptors (Lipinski definition) is 3. The summed E-state index contributed by atoms with van der Waals surface area (Å²) >= 11 is 0. The molecule has 1 aromatic carbocycles. The normalized spacial score (nSPS) is 13.6. The van der Waals surface area contributed by atoms with Crippen molar-refractivity contribution in [1.82, 2.24) is 0 Å². The third-order valence-corrected chi connectivity index (χ3v) is 4.42. The van der Waals surface area contributed by atoms with Gasteiger partial charge in [-0.3, -0.25) is 0 Å². The molecule has 90 valence electrons. The zero-order valence-electron chi connectivity index (χ0n) is 9.74. The van der Waals surface area contributed by atoms with E-state index in [4.69, 9.17) is 15.4 Å². The molecule has 5 heteroatoms. The van der Waals surface area contributed by atoms with Gasteiger partial charge in [-0.2, -0.15) is 0 Å². The van der Waals surface area contributed by atoms with Crippen molar-refractivity contribution in [2.45, 2.75) is 26.0 Å². The number of rotatable bonds is 3. The molecular weight excluding hydrogens is 248 g/mol. The summed E-state index contributed by atoms with van der Waals surface area (Å²) in [5.74, 6) is 0.564. The number of benzene rings is 1. The van der Waals surface area contributed by atoms with E-state index in [1.54, 1.807) is 13.0 Å². The summed E-state index contributed by atoms with van der Waals surface area (Å²) in [7, 11) is 3.26. The first-order chi connectivity index (χ1) is 7.27. The Balaban J connectivity index is 3.44. The average molecular weight is 263 g/mol. The van der Waals surface area contributed by atoms with Crippen LogP contribution in [-0.4, -0.2) is 15.5 Å². The predicted molar refractivity (Wildman–Crippen MR) is 65.7 cm³/mol. The Bertz CT molecular complexity index is 494. The van der Waals surface area contributed by atoms with E-state index in [9.17, 15) is 8.42 Å². The predicted octanol–water partition coefficient (Wildman–Crippen LogP) is 2.94. The standard InChI is InChI=1S/C11H15ClO3S/c1-7-5-8(2)11(10(6-7)15-4)9(3)16(12,13)14/h5-6,9H,1-4H3. The fraction of sp³-hybridized carbons (Fsp3) is 0.455. The van der Waals surface area contributed by atoms with E-state index >= 15 is 0 Å². The van der Waals surface area contributed by atoms with E-state index in [2.05, 4.69) is 0 Å². The maximum Gasteiger partial charge on any atom is 0.239 e. The topological polar surface area (TPSA) is 43.4 Å². The molecule has 0 aliphatic rings. The molecule has 0 aliphatic carbocycles. The van der Waals surface area contributed by atoms with Crippen molar-refractivity contribution in [1.29, 1.82) is 0 Å². The molecule has 0 N–H and O–H groups in total. The summed E-state index contributed by atoms with van der Waals surface area (Å²) in [6.45, 7) is 5.34. The Morgan fingerprint density at radius 2 is 1.88 bits per heavy atom. The lowest BCUT2D eigenvalue weighted by molar-refractivity contribution is 0.408. The minimum absolute atomic E-state index is 0.564. The third kappa shape index (κ3) is 2.68. The van der Waals surface area contributed by atoms with Crippen LogP contribution in [0.2, 0.25) is 0 Å². The zero-order valence-corrected chi connectivity index (χ0v) is 11.3. The Morgan fingerprint density at radius 3 is 2.31 bits per heavy atom. The highest BCUT2D eigenvalue weighted by atomic mass is 35.7. The minimum Gasteiger partial charge on any atom is -0.496 e. The van der Waals surface area contributed by atoms with Crippen LogP contribution < -0.4 is 4.74 Å². The first kappa shape index (κ1) is 13.3. The second-order valence-electron chi connectivity index (χ2n) is 3.82. The van der Waals surface area contributed by atoms with Gasteiger partial charge in [0.15, 0.2) is 0 Å². The molecule has 0 aliphatic heterocycles. The maximum atomic E-state index is 11.3. The largest absolute Gasteiger partial charge is 0.496 e. The molecule has 0 amide bonds. The van der Waals surface area contributed by atoms with Crippen molar-refractivity contribution >= 4 is 19.7 Å². The van der Waals surface area contributed by atoms with Gasteiger partial charge < -0.3 is 4.74 Å². The Kier molecular flexibility index (Phi) is 3.86. The number of hydrogen-bond donors (Lipinski definition) is 0. The highest BCUT2D eigenvalue weighted by molar-refractivity contribution is 8.13. The molecule has 0 bridgehead atoms. The highest BCUT2D eigenvalue weighted by Gasteiger charge is 2.25. The molecule has 0 aromatic heterocycles. The number of methoxy groups -OCH3 is 1. The molecule has 16 heavy (non-hydrogen) atoms. The van der Waals surface area contributed by atoms with E-state index < -0.39 is 14.3 Å². The monoisotopic (exact) mass is 262 g/mol. The van der Waals surface area contributed by atoms with E-state index in [-0.39, 0.29) is 0 Å². The Labute approximate surface area is 101 Å². The summed E-state index contributed by atoms with van der Waals surface area (Å²) in [6, 6.07) is 3.72. The van der Waals surface area contributed by atoms with Crippen LogP contribution in [0.1, 0.15) is 28.9 Å². The number of aryl methyl sites for hydroxylation is 2. The van der Waals surface area contributed by atoms with Gasteiger partial charge >= 0.3 is 0 Å². The molecule has 0 saturated heterocycles. The van der Waals surface area contributed by atoms with Gasteiger partial charge in [0.1, 0.15) is 11.0 Å². The van der Waals surface area contributed by atoms with Gasteiger partial charge in [0, 0.05) is 16.2 Å². The lowest BCUT2D eigenvalue weighted by Crippen LogP contribution is -2.07.